The monoisotopic (exact) mass is 411 g/mol. The first kappa shape index (κ1) is 19.4. The van der Waals surface area contributed by atoms with Crippen LogP contribution in [0.4, 0.5) is 5.69 Å². The second-order valence-corrected chi connectivity index (χ2v) is 7.92. The number of nitrogens with zero attached hydrogens (tertiary/aromatic N) is 1. The number of nitrogens with one attached hydrogen (secondary N) is 2. The van der Waals surface area contributed by atoms with Crippen molar-refractivity contribution in [3.8, 4) is 0 Å². The lowest BCUT2D eigenvalue weighted by Gasteiger charge is -2.25. The van der Waals surface area contributed by atoms with E-state index in [0.29, 0.717) is 32.6 Å². The first-order valence-corrected chi connectivity index (χ1v) is 10.9. The molecule has 0 radical (unpaired) electrons. The van der Waals surface area contributed by atoms with Gasteiger partial charge < -0.3 is 14.9 Å². The van der Waals surface area contributed by atoms with Crippen LogP contribution in [0.2, 0.25) is 0 Å². The summed E-state index contributed by atoms with van der Waals surface area (Å²) in [6.45, 7) is 8.09. The predicted octanol–water partition coefficient (Wildman–Crippen LogP) is 5.08. The number of para-hydroxylation sites is 1. The van der Waals surface area contributed by atoms with Gasteiger partial charge in [0.05, 0.1) is 22.2 Å². The molecule has 0 amide bonds. The molecule has 0 aliphatic carbocycles. The van der Waals surface area contributed by atoms with Crippen LogP contribution in [0.1, 0.15) is 26.3 Å². The number of fused-ring (bicyclic) bond motifs is 4. The maximum atomic E-state index is 13.5. The van der Waals surface area contributed by atoms with Crippen molar-refractivity contribution >= 4 is 49.3 Å². The van der Waals surface area contributed by atoms with E-state index in [1.807, 2.05) is 42.5 Å². The van der Waals surface area contributed by atoms with Crippen molar-refractivity contribution in [1.29, 1.82) is 0 Å². The number of benzene rings is 3. The van der Waals surface area contributed by atoms with E-state index in [9.17, 15) is 9.59 Å². The van der Waals surface area contributed by atoms with Crippen molar-refractivity contribution in [3.63, 3.8) is 0 Å². The fourth-order valence-corrected chi connectivity index (χ4v) is 4.68. The molecule has 0 bridgehead atoms. The first-order chi connectivity index (χ1) is 15.1. The highest BCUT2D eigenvalue weighted by Gasteiger charge is 2.17. The van der Waals surface area contributed by atoms with Crippen LogP contribution >= 0.6 is 0 Å². The van der Waals surface area contributed by atoms with Gasteiger partial charge in [0.15, 0.2) is 10.9 Å². The van der Waals surface area contributed by atoms with Gasteiger partial charge in [-0.2, -0.15) is 0 Å². The number of hydrogen-bond donors (Lipinski definition) is 2. The molecule has 156 valence electrons. The molecular weight excluding hydrogens is 386 g/mol. The lowest BCUT2D eigenvalue weighted by atomic mass is 10.0. The highest BCUT2D eigenvalue weighted by atomic mass is 16.1. The Morgan fingerprint density at radius 1 is 0.710 bits per heavy atom. The number of aromatic amines is 2. The Hall–Kier alpha value is -3.60. The van der Waals surface area contributed by atoms with E-state index in [1.165, 1.54) is 5.56 Å². The van der Waals surface area contributed by atoms with E-state index in [-0.39, 0.29) is 10.9 Å². The van der Waals surface area contributed by atoms with Crippen LogP contribution in [0, 0.1) is 0 Å². The second-order valence-electron chi connectivity index (χ2n) is 7.92. The maximum absolute atomic E-state index is 13.5. The Morgan fingerprint density at radius 2 is 1.35 bits per heavy atom. The van der Waals surface area contributed by atoms with Gasteiger partial charge in [0, 0.05) is 40.2 Å². The van der Waals surface area contributed by atoms with Crippen molar-refractivity contribution in [3.05, 3.63) is 74.5 Å². The molecule has 2 aromatic heterocycles. The van der Waals surface area contributed by atoms with Crippen molar-refractivity contribution in [2.75, 3.05) is 18.0 Å². The van der Waals surface area contributed by atoms with Crippen LogP contribution in [0.25, 0.3) is 43.6 Å². The molecule has 5 heteroatoms. The topological polar surface area (TPSA) is 69.0 Å². The first-order valence-electron chi connectivity index (χ1n) is 10.9. The summed E-state index contributed by atoms with van der Waals surface area (Å²) < 4.78 is 0. The molecule has 0 spiro atoms. The maximum Gasteiger partial charge on any atom is 0.197 e. The van der Waals surface area contributed by atoms with Crippen molar-refractivity contribution < 1.29 is 0 Å². The van der Waals surface area contributed by atoms with Gasteiger partial charge in [-0.3, -0.25) is 9.59 Å². The van der Waals surface area contributed by atoms with Gasteiger partial charge in [0.2, 0.25) is 0 Å². The fraction of sp³-hybridized carbons (Fsp3) is 0.231. The summed E-state index contributed by atoms with van der Waals surface area (Å²) in [5, 5.41) is 2.49. The van der Waals surface area contributed by atoms with Gasteiger partial charge in [0.1, 0.15) is 0 Å². The van der Waals surface area contributed by atoms with E-state index >= 15 is 0 Å². The third kappa shape index (κ3) is 2.84. The summed E-state index contributed by atoms with van der Waals surface area (Å²) in [7, 11) is 0. The smallest absolute Gasteiger partial charge is 0.197 e. The van der Waals surface area contributed by atoms with E-state index in [0.717, 1.165) is 36.2 Å². The number of hydrogen-bond acceptors (Lipinski definition) is 3. The average molecular weight is 412 g/mol. The minimum absolute atomic E-state index is 0.0179. The SMILES string of the molecule is CCc1ccc2c(=O)c3cc4[nH]c5ccccc5c(=O)c4cc3[nH]c2c1N(CC)CC. The van der Waals surface area contributed by atoms with Crippen LogP contribution in [0.3, 0.4) is 0 Å². The number of aryl methyl sites for hydroxylation is 1. The highest BCUT2D eigenvalue weighted by molar-refractivity contribution is 6.05. The molecule has 5 rings (SSSR count). The van der Waals surface area contributed by atoms with Gasteiger partial charge in [-0.1, -0.05) is 25.1 Å². The largest absolute Gasteiger partial charge is 0.370 e. The fourth-order valence-electron chi connectivity index (χ4n) is 4.68. The minimum atomic E-state index is -0.0292. The number of anilines is 1. The van der Waals surface area contributed by atoms with Crippen LogP contribution in [-0.2, 0) is 6.42 Å². The standard InChI is InChI=1S/C26H25N3O2/c1-4-15-11-12-17-23(24(15)29(5-2)6-3)28-22-14-18-21(13-19(22)26(17)31)27-20-10-8-7-9-16(20)25(18)30/h7-14H,4-6H2,1-3H3,(H,27,30)(H,28,31). The molecule has 0 aliphatic heterocycles. The number of H-pyrrole nitrogens is 2. The molecule has 3 aromatic carbocycles. The second kappa shape index (κ2) is 7.27. The van der Waals surface area contributed by atoms with E-state index in [1.54, 1.807) is 0 Å². The molecule has 0 atom stereocenters. The molecule has 0 aliphatic rings. The Bertz CT molecular complexity index is 1590. The third-order valence-corrected chi connectivity index (χ3v) is 6.31. The average Bonchev–Trinajstić information content (AvgIpc) is 2.80. The minimum Gasteiger partial charge on any atom is -0.370 e. The van der Waals surface area contributed by atoms with Crippen molar-refractivity contribution in [1.82, 2.24) is 9.97 Å². The Balaban J connectivity index is 1.95. The molecule has 5 nitrogen and oxygen atoms in total. The van der Waals surface area contributed by atoms with Gasteiger partial charge in [-0.05, 0) is 56.2 Å². The van der Waals surface area contributed by atoms with E-state index in [2.05, 4.69) is 41.7 Å². The van der Waals surface area contributed by atoms with E-state index < -0.39 is 0 Å². The van der Waals surface area contributed by atoms with Gasteiger partial charge >= 0.3 is 0 Å². The summed E-state index contributed by atoms with van der Waals surface area (Å²) in [5.41, 5.74) is 5.22. The van der Waals surface area contributed by atoms with E-state index in [4.69, 9.17) is 0 Å². The number of aromatic nitrogens is 2. The zero-order chi connectivity index (χ0) is 21.7. The summed E-state index contributed by atoms with van der Waals surface area (Å²) in [6, 6.07) is 15.1. The Kier molecular flexibility index (Phi) is 4.54. The van der Waals surface area contributed by atoms with Gasteiger partial charge in [-0.25, -0.2) is 0 Å². The molecule has 0 unspecified atom stereocenters. The zero-order valence-electron chi connectivity index (χ0n) is 18.0. The van der Waals surface area contributed by atoms with Crippen LogP contribution in [-0.4, -0.2) is 23.1 Å². The number of pyridine rings is 2. The Morgan fingerprint density at radius 3 is 2.03 bits per heavy atom. The van der Waals surface area contributed by atoms with Crippen LogP contribution in [0.15, 0.2) is 58.1 Å². The normalized spacial score (nSPS) is 11.7. The van der Waals surface area contributed by atoms with Crippen LogP contribution < -0.4 is 15.8 Å². The molecule has 31 heavy (non-hydrogen) atoms. The summed E-state index contributed by atoms with van der Waals surface area (Å²) >= 11 is 0. The molecular formula is C26H25N3O2. The van der Waals surface area contributed by atoms with Crippen molar-refractivity contribution in [2.45, 2.75) is 27.2 Å². The molecule has 2 N–H and O–H groups in total. The summed E-state index contributed by atoms with van der Waals surface area (Å²) in [4.78, 5) is 35.7. The molecule has 5 aromatic rings. The molecule has 0 saturated heterocycles. The van der Waals surface area contributed by atoms with Gasteiger partial charge in [-0.15, -0.1) is 0 Å². The zero-order valence-corrected chi connectivity index (χ0v) is 18.0. The molecule has 0 fully saturated rings. The third-order valence-electron chi connectivity index (χ3n) is 6.31. The quantitative estimate of drug-likeness (QED) is 0.405. The Labute approximate surface area is 179 Å². The molecule has 2 heterocycles. The lowest BCUT2D eigenvalue weighted by Crippen LogP contribution is -2.24. The summed E-state index contributed by atoms with van der Waals surface area (Å²) in [6.07, 6.45) is 0.880. The summed E-state index contributed by atoms with van der Waals surface area (Å²) in [5.74, 6) is 0. The predicted molar refractivity (Wildman–Crippen MR) is 131 cm³/mol. The molecule has 0 saturated carbocycles. The van der Waals surface area contributed by atoms with Crippen LogP contribution in [0.5, 0.6) is 0 Å². The number of rotatable bonds is 4. The van der Waals surface area contributed by atoms with Gasteiger partial charge in [0.25, 0.3) is 0 Å². The highest BCUT2D eigenvalue weighted by Crippen LogP contribution is 2.31. The lowest BCUT2D eigenvalue weighted by molar-refractivity contribution is 0.859. The van der Waals surface area contributed by atoms with Crippen molar-refractivity contribution in [2.24, 2.45) is 0 Å².